The highest BCUT2D eigenvalue weighted by molar-refractivity contribution is 5.96. The van der Waals surface area contributed by atoms with Gasteiger partial charge in [-0.3, -0.25) is 14.4 Å². The van der Waals surface area contributed by atoms with Gasteiger partial charge in [-0.2, -0.15) is 0 Å². The Morgan fingerprint density at radius 1 is 0.885 bits per heavy atom. The largest absolute Gasteiger partial charge is 0.481 e. The van der Waals surface area contributed by atoms with Crippen molar-refractivity contribution >= 4 is 17.7 Å². The number of carbonyl (C=O) groups is 3. The number of ketones is 1. The standard InChI is InChI=1S/C21H22O5/c1-14(21(25)26)11-18(19(22)13-20(23)24)12-15-7-9-17(10-8-15)16-5-3-2-4-6-16/h2-10,14,18H,11-13H2,1H3,(H,23,24)(H,25,26)/t14-,18+/m1/s1. The van der Waals surface area contributed by atoms with Crippen molar-refractivity contribution in [1.29, 1.82) is 0 Å². The third-order valence-corrected chi connectivity index (χ3v) is 4.38. The first-order valence-electron chi connectivity index (χ1n) is 8.48. The number of aliphatic carboxylic acids is 2. The van der Waals surface area contributed by atoms with Crippen molar-refractivity contribution < 1.29 is 24.6 Å². The first-order valence-corrected chi connectivity index (χ1v) is 8.48. The molecule has 0 fully saturated rings. The molecule has 5 nitrogen and oxygen atoms in total. The van der Waals surface area contributed by atoms with E-state index in [2.05, 4.69) is 0 Å². The number of carboxylic acid groups (broad SMARTS) is 2. The Morgan fingerprint density at radius 3 is 2.00 bits per heavy atom. The Hall–Kier alpha value is -2.95. The van der Waals surface area contributed by atoms with E-state index in [1.807, 2.05) is 54.6 Å². The molecule has 2 aromatic rings. The zero-order chi connectivity index (χ0) is 19.1. The Balaban J connectivity index is 2.14. The van der Waals surface area contributed by atoms with E-state index in [0.717, 1.165) is 16.7 Å². The summed E-state index contributed by atoms with van der Waals surface area (Å²) in [6.07, 6.45) is -0.125. The Bertz CT molecular complexity index is 765. The number of carboxylic acids is 2. The lowest BCUT2D eigenvalue weighted by atomic mass is 9.85. The SMILES string of the molecule is C[C@H](C[C@@H](Cc1ccc(-c2ccccc2)cc1)C(=O)CC(=O)O)C(=O)O. The van der Waals surface area contributed by atoms with Gasteiger partial charge < -0.3 is 10.2 Å². The zero-order valence-corrected chi connectivity index (χ0v) is 14.6. The third kappa shape index (κ3) is 5.55. The van der Waals surface area contributed by atoms with Crippen molar-refractivity contribution in [2.24, 2.45) is 11.8 Å². The minimum absolute atomic E-state index is 0.127. The second kappa shape index (κ2) is 8.94. The summed E-state index contributed by atoms with van der Waals surface area (Å²) in [6, 6.07) is 17.6. The van der Waals surface area contributed by atoms with Crippen molar-refractivity contribution in [3.05, 3.63) is 60.2 Å². The minimum atomic E-state index is -1.19. The summed E-state index contributed by atoms with van der Waals surface area (Å²) in [4.78, 5) is 34.2. The van der Waals surface area contributed by atoms with Gasteiger partial charge in [0.2, 0.25) is 0 Å². The molecule has 0 aliphatic heterocycles. The lowest BCUT2D eigenvalue weighted by Gasteiger charge is -2.17. The van der Waals surface area contributed by atoms with Gasteiger partial charge in [0, 0.05) is 5.92 Å². The van der Waals surface area contributed by atoms with Gasteiger partial charge in [0.05, 0.1) is 5.92 Å². The maximum atomic E-state index is 12.2. The molecule has 0 spiro atoms. The highest BCUT2D eigenvalue weighted by Crippen LogP contribution is 2.23. The summed E-state index contributed by atoms with van der Waals surface area (Å²) in [5.74, 6) is -3.95. The summed E-state index contributed by atoms with van der Waals surface area (Å²) in [5.41, 5.74) is 3.00. The molecule has 26 heavy (non-hydrogen) atoms. The number of Topliss-reactive ketones (excluding diaryl/α,β-unsaturated/α-hetero) is 1. The smallest absolute Gasteiger partial charge is 0.310 e. The molecule has 0 unspecified atom stereocenters. The molecule has 2 N–H and O–H groups in total. The van der Waals surface area contributed by atoms with E-state index in [0.29, 0.717) is 6.42 Å². The number of rotatable bonds is 9. The average Bonchev–Trinajstić information content (AvgIpc) is 2.61. The predicted molar refractivity (Wildman–Crippen MR) is 97.7 cm³/mol. The van der Waals surface area contributed by atoms with Crippen molar-refractivity contribution in [2.75, 3.05) is 0 Å². The van der Waals surface area contributed by atoms with Crippen LogP contribution in [0.3, 0.4) is 0 Å². The van der Waals surface area contributed by atoms with Crippen LogP contribution < -0.4 is 0 Å². The van der Waals surface area contributed by atoms with Gasteiger partial charge in [-0.05, 0) is 29.5 Å². The van der Waals surface area contributed by atoms with Crippen LogP contribution in [0.15, 0.2) is 54.6 Å². The molecule has 0 bridgehead atoms. The first kappa shape index (κ1) is 19.4. The minimum Gasteiger partial charge on any atom is -0.481 e. The molecule has 2 atom stereocenters. The number of hydrogen-bond acceptors (Lipinski definition) is 3. The van der Waals surface area contributed by atoms with Crippen LogP contribution >= 0.6 is 0 Å². The normalized spacial score (nSPS) is 13.0. The van der Waals surface area contributed by atoms with Crippen LogP contribution in [0.25, 0.3) is 11.1 Å². The zero-order valence-electron chi connectivity index (χ0n) is 14.6. The molecule has 136 valence electrons. The summed E-state index contributed by atoms with van der Waals surface area (Å²) in [7, 11) is 0. The summed E-state index contributed by atoms with van der Waals surface area (Å²) in [6.45, 7) is 1.53. The van der Waals surface area contributed by atoms with Gasteiger partial charge in [-0.25, -0.2) is 0 Å². The van der Waals surface area contributed by atoms with E-state index in [4.69, 9.17) is 10.2 Å². The van der Waals surface area contributed by atoms with Gasteiger partial charge in [0.25, 0.3) is 0 Å². The Kier molecular flexibility index (Phi) is 6.67. The molecule has 0 saturated carbocycles. The molecular formula is C21H22O5. The molecule has 0 aliphatic rings. The van der Waals surface area contributed by atoms with Crippen LogP contribution in [0.5, 0.6) is 0 Å². The van der Waals surface area contributed by atoms with Gasteiger partial charge in [-0.1, -0.05) is 61.5 Å². The quantitative estimate of drug-likeness (QED) is 0.671. The Morgan fingerprint density at radius 2 is 1.46 bits per heavy atom. The highest BCUT2D eigenvalue weighted by atomic mass is 16.4. The van der Waals surface area contributed by atoms with Gasteiger partial charge in [0.1, 0.15) is 12.2 Å². The molecule has 5 heteroatoms. The van der Waals surface area contributed by atoms with E-state index in [-0.39, 0.29) is 6.42 Å². The molecular weight excluding hydrogens is 332 g/mol. The average molecular weight is 354 g/mol. The van der Waals surface area contributed by atoms with E-state index < -0.39 is 36.0 Å². The van der Waals surface area contributed by atoms with Gasteiger partial charge in [-0.15, -0.1) is 0 Å². The molecule has 0 amide bonds. The van der Waals surface area contributed by atoms with Crippen molar-refractivity contribution in [1.82, 2.24) is 0 Å². The fraction of sp³-hybridized carbons (Fsp3) is 0.286. The topological polar surface area (TPSA) is 91.7 Å². The van der Waals surface area contributed by atoms with Crippen LogP contribution in [0.4, 0.5) is 0 Å². The molecule has 0 saturated heterocycles. The monoisotopic (exact) mass is 354 g/mol. The number of hydrogen-bond donors (Lipinski definition) is 2. The molecule has 0 heterocycles. The number of carbonyl (C=O) groups excluding carboxylic acids is 1. The molecule has 0 aromatic heterocycles. The van der Waals surface area contributed by atoms with E-state index >= 15 is 0 Å². The predicted octanol–water partition coefficient (Wildman–Crippen LogP) is 3.67. The van der Waals surface area contributed by atoms with Crippen LogP contribution in [-0.2, 0) is 20.8 Å². The van der Waals surface area contributed by atoms with Crippen LogP contribution in [0.2, 0.25) is 0 Å². The highest BCUT2D eigenvalue weighted by Gasteiger charge is 2.26. The first-order chi connectivity index (χ1) is 12.4. The lowest BCUT2D eigenvalue weighted by Crippen LogP contribution is -2.25. The third-order valence-electron chi connectivity index (χ3n) is 4.38. The van der Waals surface area contributed by atoms with Crippen LogP contribution in [0, 0.1) is 11.8 Å². The number of benzene rings is 2. The second-order valence-electron chi connectivity index (χ2n) is 6.48. The van der Waals surface area contributed by atoms with Gasteiger partial charge >= 0.3 is 11.9 Å². The van der Waals surface area contributed by atoms with Crippen molar-refractivity contribution in [3.63, 3.8) is 0 Å². The van der Waals surface area contributed by atoms with Gasteiger partial charge in [0.15, 0.2) is 0 Å². The molecule has 2 aromatic carbocycles. The van der Waals surface area contributed by atoms with Crippen LogP contribution in [-0.4, -0.2) is 27.9 Å². The fourth-order valence-electron chi connectivity index (χ4n) is 2.90. The summed E-state index contributed by atoms with van der Waals surface area (Å²) in [5, 5.41) is 18.0. The van der Waals surface area contributed by atoms with E-state index in [9.17, 15) is 14.4 Å². The van der Waals surface area contributed by atoms with Crippen LogP contribution in [0.1, 0.15) is 25.3 Å². The Labute approximate surface area is 152 Å². The maximum Gasteiger partial charge on any atom is 0.310 e. The lowest BCUT2D eigenvalue weighted by molar-refractivity contribution is -0.142. The van der Waals surface area contributed by atoms with E-state index in [1.165, 1.54) is 6.92 Å². The summed E-state index contributed by atoms with van der Waals surface area (Å²) >= 11 is 0. The molecule has 2 rings (SSSR count). The second-order valence-corrected chi connectivity index (χ2v) is 6.48. The van der Waals surface area contributed by atoms with E-state index in [1.54, 1.807) is 0 Å². The summed E-state index contributed by atoms with van der Waals surface area (Å²) < 4.78 is 0. The van der Waals surface area contributed by atoms with Crippen molar-refractivity contribution in [2.45, 2.75) is 26.2 Å². The van der Waals surface area contributed by atoms with Crippen molar-refractivity contribution in [3.8, 4) is 11.1 Å². The fourth-order valence-corrected chi connectivity index (χ4v) is 2.90. The molecule has 0 radical (unpaired) electrons. The molecule has 0 aliphatic carbocycles. The maximum absolute atomic E-state index is 12.2.